The van der Waals surface area contributed by atoms with Gasteiger partial charge in [-0.15, -0.1) is 11.3 Å². The molecule has 2 aromatic carbocycles. The number of benzene rings is 2. The van der Waals surface area contributed by atoms with Gasteiger partial charge in [0.15, 0.2) is 5.69 Å². The number of primary sulfonamides is 1. The second-order valence-corrected chi connectivity index (χ2v) is 13.5. The number of halogens is 1. The van der Waals surface area contributed by atoms with Gasteiger partial charge in [0.05, 0.1) is 5.69 Å². The number of nitrogens with two attached hydrogens (primary N) is 1. The molecule has 0 saturated heterocycles. The quantitative estimate of drug-likeness (QED) is 0.229. The number of hydrogen-bond donors (Lipinski definition) is 2. The maximum atomic E-state index is 14.9. The minimum atomic E-state index is -4.19. The Labute approximate surface area is 248 Å². The third-order valence-electron chi connectivity index (χ3n) is 7.91. The average molecular weight is 604 g/mol. The van der Waals surface area contributed by atoms with Gasteiger partial charge in [-0.3, -0.25) is 0 Å². The summed E-state index contributed by atoms with van der Waals surface area (Å²) in [5.41, 5.74) is 5.05. The van der Waals surface area contributed by atoms with E-state index in [1.165, 1.54) is 41.7 Å². The molecule has 2 saturated carbocycles. The summed E-state index contributed by atoms with van der Waals surface area (Å²) >= 11 is 1.27. The molecular weight excluding hydrogens is 574 g/mol. The summed E-state index contributed by atoms with van der Waals surface area (Å²) in [7, 11) is -4.19. The molecule has 0 aliphatic heterocycles. The number of thiazole rings is 1. The first kappa shape index (κ1) is 28.3. The van der Waals surface area contributed by atoms with Crippen LogP contribution >= 0.6 is 11.3 Å². The van der Waals surface area contributed by atoms with Gasteiger partial charge in [0.2, 0.25) is 10.0 Å². The first-order valence-corrected chi connectivity index (χ1v) is 16.4. The fourth-order valence-corrected chi connectivity index (χ4v) is 6.97. The van der Waals surface area contributed by atoms with Crippen LogP contribution < -0.4 is 5.14 Å². The average Bonchev–Trinajstić information content (AvgIpc) is 3.30. The number of sulfonamides is 1. The summed E-state index contributed by atoms with van der Waals surface area (Å²) in [6, 6.07) is 14.1. The normalized spacial score (nSPS) is 15.5. The Morgan fingerprint density at radius 3 is 2.57 bits per heavy atom. The minimum absolute atomic E-state index is 0.0119. The predicted octanol–water partition coefficient (Wildman–Crippen LogP) is 6.31. The van der Waals surface area contributed by atoms with Crippen molar-refractivity contribution >= 4 is 27.3 Å². The molecular formula is C32H30FN3O4S2. The highest BCUT2D eigenvalue weighted by atomic mass is 32.2. The third kappa shape index (κ3) is 6.19. The van der Waals surface area contributed by atoms with Crippen LogP contribution in [-0.4, -0.2) is 29.0 Å². The van der Waals surface area contributed by atoms with E-state index in [1.54, 1.807) is 6.07 Å². The maximum absolute atomic E-state index is 14.9. The molecule has 3 N–H and O–H groups in total. The molecule has 6 rings (SSSR count). The zero-order chi connectivity index (χ0) is 29.4. The predicted molar refractivity (Wildman–Crippen MR) is 160 cm³/mol. The minimum Gasteiger partial charge on any atom is -0.476 e. The molecule has 2 aliphatic rings. The summed E-state index contributed by atoms with van der Waals surface area (Å²) in [6.45, 7) is 0.714. The van der Waals surface area contributed by atoms with Crippen LogP contribution in [-0.2, 0) is 23.0 Å². The van der Waals surface area contributed by atoms with Crippen LogP contribution in [0.15, 0.2) is 58.8 Å². The van der Waals surface area contributed by atoms with Crippen molar-refractivity contribution in [3.8, 4) is 33.7 Å². The van der Waals surface area contributed by atoms with Crippen molar-refractivity contribution in [2.75, 3.05) is 0 Å². The first-order chi connectivity index (χ1) is 20.2. The lowest BCUT2D eigenvalue weighted by atomic mass is 9.99. The Kier molecular flexibility index (Phi) is 7.75. The van der Waals surface area contributed by atoms with E-state index in [1.807, 2.05) is 24.3 Å². The monoisotopic (exact) mass is 603 g/mol. The van der Waals surface area contributed by atoms with E-state index < -0.39 is 26.7 Å². The van der Waals surface area contributed by atoms with Crippen LogP contribution in [0, 0.1) is 29.5 Å². The molecule has 2 heterocycles. The van der Waals surface area contributed by atoms with Gasteiger partial charge < -0.3 is 9.67 Å². The van der Waals surface area contributed by atoms with Crippen LogP contribution in [0.5, 0.6) is 0 Å². The number of aromatic carboxylic acids is 1. The molecule has 0 bridgehead atoms. The lowest BCUT2D eigenvalue weighted by molar-refractivity contribution is 0.0691. The molecule has 0 unspecified atom stereocenters. The Morgan fingerprint density at radius 2 is 1.90 bits per heavy atom. The lowest BCUT2D eigenvalue weighted by Gasteiger charge is -2.15. The Bertz CT molecular complexity index is 1840. The van der Waals surface area contributed by atoms with Crippen molar-refractivity contribution in [2.45, 2.75) is 56.4 Å². The summed E-state index contributed by atoms with van der Waals surface area (Å²) in [4.78, 5) is 15.5. The molecule has 7 nitrogen and oxygen atoms in total. The SMILES string of the molecule is NS(=O)(=O)c1ccc(Cc2c(-c3cccc(C#CC4CCCC4)c3)cc(-c3nc(C(=O)O)cs3)n2CC2CC2)cc1F. The zero-order valence-corrected chi connectivity index (χ0v) is 24.5. The van der Waals surface area contributed by atoms with Gasteiger partial charge in [-0.2, -0.15) is 0 Å². The standard InChI is InChI=1S/C32H30FN3O4S2/c33-26-15-23(12-13-30(26)42(34,39)40)16-28-25(24-7-3-6-21(14-24)9-8-20-4-1-2-5-20)17-29(36(28)18-22-10-11-22)31-35-27(19-41-31)32(37)38/h3,6-7,12-15,17,19-20,22H,1-2,4-5,10-11,16,18H2,(H,37,38)(H2,34,39,40). The van der Waals surface area contributed by atoms with Crippen molar-refractivity contribution in [3.05, 3.63) is 82.2 Å². The molecule has 0 radical (unpaired) electrons. The summed E-state index contributed by atoms with van der Waals surface area (Å²) in [6.07, 6.45) is 7.22. The highest BCUT2D eigenvalue weighted by Gasteiger charge is 2.28. The van der Waals surface area contributed by atoms with E-state index in [9.17, 15) is 22.7 Å². The molecule has 10 heteroatoms. The van der Waals surface area contributed by atoms with E-state index in [0.717, 1.165) is 53.8 Å². The maximum Gasteiger partial charge on any atom is 0.355 e. The van der Waals surface area contributed by atoms with Gasteiger partial charge in [-0.25, -0.2) is 27.7 Å². The van der Waals surface area contributed by atoms with Gasteiger partial charge in [0.25, 0.3) is 0 Å². The van der Waals surface area contributed by atoms with Gasteiger partial charge in [0, 0.05) is 41.1 Å². The van der Waals surface area contributed by atoms with Crippen molar-refractivity contribution in [1.82, 2.24) is 9.55 Å². The number of aromatic nitrogens is 2. The fourth-order valence-electron chi connectivity index (χ4n) is 5.56. The van der Waals surface area contributed by atoms with Crippen LogP contribution in [0.4, 0.5) is 4.39 Å². The molecule has 0 amide bonds. The Morgan fingerprint density at radius 1 is 1.12 bits per heavy atom. The fraction of sp³-hybridized carbons (Fsp3) is 0.312. The molecule has 2 aliphatic carbocycles. The van der Waals surface area contributed by atoms with E-state index in [4.69, 9.17) is 5.14 Å². The largest absolute Gasteiger partial charge is 0.476 e. The summed E-state index contributed by atoms with van der Waals surface area (Å²) < 4.78 is 40.6. The summed E-state index contributed by atoms with van der Waals surface area (Å²) in [5, 5.41) is 16.8. The highest BCUT2D eigenvalue weighted by Crippen LogP contribution is 2.40. The topological polar surface area (TPSA) is 115 Å². The molecule has 4 aromatic rings. The van der Waals surface area contributed by atoms with E-state index in [0.29, 0.717) is 35.4 Å². The molecule has 216 valence electrons. The van der Waals surface area contributed by atoms with Crippen molar-refractivity contribution < 1.29 is 22.7 Å². The van der Waals surface area contributed by atoms with Crippen LogP contribution in [0.2, 0.25) is 0 Å². The lowest BCUT2D eigenvalue weighted by Crippen LogP contribution is -2.14. The van der Waals surface area contributed by atoms with Crippen molar-refractivity contribution in [2.24, 2.45) is 17.0 Å². The molecule has 2 fully saturated rings. The number of nitrogens with zero attached hydrogens (tertiary/aromatic N) is 2. The number of carboxylic acids is 1. The molecule has 0 atom stereocenters. The van der Waals surface area contributed by atoms with E-state index >= 15 is 0 Å². The molecule has 2 aromatic heterocycles. The van der Waals surface area contributed by atoms with Gasteiger partial charge >= 0.3 is 5.97 Å². The second-order valence-electron chi connectivity index (χ2n) is 11.1. The highest BCUT2D eigenvalue weighted by molar-refractivity contribution is 7.89. The summed E-state index contributed by atoms with van der Waals surface area (Å²) in [5.74, 6) is 5.70. The number of rotatable bonds is 8. The smallest absolute Gasteiger partial charge is 0.355 e. The van der Waals surface area contributed by atoms with Gasteiger partial charge in [-0.05, 0) is 73.1 Å². The van der Waals surface area contributed by atoms with Crippen LogP contribution in [0.3, 0.4) is 0 Å². The van der Waals surface area contributed by atoms with Crippen LogP contribution in [0.1, 0.15) is 65.8 Å². The molecule has 42 heavy (non-hydrogen) atoms. The second kappa shape index (κ2) is 11.5. The van der Waals surface area contributed by atoms with Gasteiger partial charge in [-0.1, -0.05) is 42.9 Å². The van der Waals surface area contributed by atoms with Gasteiger partial charge in [0.1, 0.15) is 15.7 Å². The number of carboxylic acid groups (broad SMARTS) is 1. The third-order valence-corrected chi connectivity index (χ3v) is 9.72. The number of hydrogen-bond acceptors (Lipinski definition) is 5. The van der Waals surface area contributed by atoms with Crippen molar-refractivity contribution in [1.29, 1.82) is 0 Å². The first-order valence-electron chi connectivity index (χ1n) is 14.0. The molecule has 0 spiro atoms. The van der Waals surface area contributed by atoms with Crippen molar-refractivity contribution in [3.63, 3.8) is 0 Å². The Balaban J connectivity index is 1.48. The van der Waals surface area contributed by atoms with E-state index in [2.05, 4.69) is 27.5 Å². The number of carbonyl (C=O) groups is 1. The van der Waals surface area contributed by atoms with Crippen LogP contribution in [0.25, 0.3) is 21.8 Å². The zero-order valence-electron chi connectivity index (χ0n) is 22.8. The Hall–Kier alpha value is -3.78. The van der Waals surface area contributed by atoms with E-state index in [-0.39, 0.29) is 5.69 Å².